The Bertz CT molecular complexity index is 1030. The van der Waals surface area contributed by atoms with Crippen molar-refractivity contribution in [3.63, 3.8) is 0 Å². The molecule has 0 heterocycles. The zero-order chi connectivity index (χ0) is 23.6. The van der Waals surface area contributed by atoms with Crippen molar-refractivity contribution in [2.24, 2.45) is 0 Å². The van der Waals surface area contributed by atoms with Crippen LogP contribution in [0.25, 0.3) is 0 Å². The molecule has 2 heteroatoms. The molecule has 0 fully saturated rings. The molecule has 0 aliphatic heterocycles. The monoisotopic (exact) mass is 450 g/mol. The van der Waals surface area contributed by atoms with E-state index in [4.69, 9.17) is 9.47 Å². The third kappa shape index (κ3) is 6.08. The maximum Gasteiger partial charge on any atom is 0.119 e. The standard InChI is InChI=1S/C32H34O2/c1-3-4-23-32(2,28-15-19-30(20-16-28)33-24-26-11-7-5-8-12-26)29-17-21-31(22-18-29)34-25-27-13-9-6-10-14-27/h5-22H,3-4,23-25H2,1-2H3. The van der Waals surface area contributed by atoms with Gasteiger partial charge in [-0.15, -0.1) is 0 Å². The highest BCUT2D eigenvalue weighted by Gasteiger charge is 2.28. The highest BCUT2D eigenvalue weighted by molar-refractivity contribution is 5.42. The fraction of sp³-hybridized carbons (Fsp3) is 0.250. The van der Waals surface area contributed by atoms with Crippen LogP contribution in [-0.4, -0.2) is 0 Å². The molecule has 0 aliphatic rings. The molecule has 0 N–H and O–H groups in total. The molecule has 4 aromatic carbocycles. The Morgan fingerprint density at radius 2 is 0.971 bits per heavy atom. The summed E-state index contributed by atoms with van der Waals surface area (Å²) in [4.78, 5) is 0. The van der Waals surface area contributed by atoms with E-state index in [-0.39, 0.29) is 5.41 Å². The predicted octanol–water partition coefficient (Wildman–Crippen LogP) is 8.34. The molecule has 174 valence electrons. The fourth-order valence-electron chi connectivity index (χ4n) is 4.31. The lowest BCUT2D eigenvalue weighted by Crippen LogP contribution is -2.23. The number of rotatable bonds is 11. The highest BCUT2D eigenvalue weighted by Crippen LogP contribution is 2.38. The molecule has 0 saturated heterocycles. The zero-order valence-corrected chi connectivity index (χ0v) is 20.2. The maximum absolute atomic E-state index is 6.01. The molecule has 0 bridgehead atoms. The summed E-state index contributed by atoms with van der Waals surface area (Å²) in [5.41, 5.74) is 4.91. The molecule has 0 aliphatic carbocycles. The molecular formula is C32H34O2. The first-order valence-electron chi connectivity index (χ1n) is 12.2. The Labute approximate surface area is 204 Å². The summed E-state index contributed by atoms with van der Waals surface area (Å²) in [5.74, 6) is 1.80. The Hall–Kier alpha value is -3.52. The van der Waals surface area contributed by atoms with Gasteiger partial charge in [-0.2, -0.15) is 0 Å². The van der Waals surface area contributed by atoms with Crippen LogP contribution in [0.3, 0.4) is 0 Å². The second-order valence-corrected chi connectivity index (χ2v) is 9.03. The van der Waals surface area contributed by atoms with Gasteiger partial charge in [0.05, 0.1) is 0 Å². The largest absolute Gasteiger partial charge is 0.489 e. The summed E-state index contributed by atoms with van der Waals surface area (Å²) in [5, 5.41) is 0. The molecule has 0 amide bonds. The van der Waals surface area contributed by atoms with Crippen LogP contribution in [0, 0.1) is 0 Å². The first kappa shape index (κ1) is 23.6. The fourth-order valence-corrected chi connectivity index (χ4v) is 4.31. The summed E-state index contributed by atoms with van der Waals surface area (Å²) >= 11 is 0. The van der Waals surface area contributed by atoms with Gasteiger partial charge in [0.25, 0.3) is 0 Å². The molecule has 0 atom stereocenters. The Morgan fingerprint density at radius 3 is 1.35 bits per heavy atom. The third-order valence-corrected chi connectivity index (χ3v) is 6.51. The van der Waals surface area contributed by atoms with E-state index in [1.807, 2.05) is 36.4 Å². The normalized spacial score (nSPS) is 11.2. The van der Waals surface area contributed by atoms with Crippen molar-refractivity contribution in [3.05, 3.63) is 131 Å². The molecule has 4 aromatic rings. The smallest absolute Gasteiger partial charge is 0.119 e. The molecule has 0 spiro atoms. The van der Waals surface area contributed by atoms with Gasteiger partial charge in [-0.25, -0.2) is 0 Å². The van der Waals surface area contributed by atoms with Crippen LogP contribution in [0.4, 0.5) is 0 Å². The Balaban J connectivity index is 1.47. The van der Waals surface area contributed by atoms with Crippen molar-refractivity contribution in [1.82, 2.24) is 0 Å². The van der Waals surface area contributed by atoms with Crippen LogP contribution in [-0.2, 0) is 18.6 Å². The van der Waals surface area contributed by atoms with Gasteiger partial charge in [-0.1, -0.05) is 112 Å². The lowest BCUT2D eigenvalue weighted by Gasteiger charge is -2.31. The van der Waals surface area contributed by atoms with Crippen LogP contribution in [0.15, 0.2) is 109 Å². The van der Waals surface area contributed by atoms with Crippen molar-refractivity contribution < 1.29 is 9.47 Å². The summed E-state index contributed by atoms with van der Waals surface area (Å²) < 4.78 is 12.0. The maximum atomic E-state index is 6.01. The van der Waals surface area contributed by atoms with Gasteiger partial charge in [0.1, 0.15) is 24.7 Å². The number of benzene rings is 4. The molecule has 0 radical (unpaired) electrons. The van der Waals surface area contributed by atoms with Gasteiger partial charge >= 0.3 is 0 Å². The van der Waals surface area contributed by atoms with Crippen LogP contribution < -0.4 is 9.47 Å². The number of hydrogen-bond acceptors (Lipinski definition) is 2. The van der Waals surface area contributed by atoms with E-state index in [1.165, 1.54) is 35.1 Å². The van der Waals surface area contributed by atoms with Gasteiger partial charge in [0, 0.05) is 5.41 Å². The van der Waals surface area contributed by atoms with E-state index in [1.54, 1.807) is 0 Å². The first-order valence-corrected chi connectivity index (χ1v) is 12.2. The van der Waals surface area contributed by atoms with Gasteiger partial charge in [-0.05, 0) is 52.9 Å². The molecule has 34 heavy (non-hydrogen) atoms. The quantitative estimate of drug-likeness (QED) is 0.229. The van der Waals surface area contributed by atoms with Crippen molar-refractivity contribution in [2.75, 3.05) is 0 Å². The molecular weight excluding hydrogens is 416 g/mol. The van der Waals surface area contributed by atoms with Crippen molar-refractivity contribution in [1.29, 1.82) is 0 Å². The highest BCUT2D eigenvalue weighted by atomic mass is 16.5. The average molecular weight is 451 g/mol. The van der Waals surface area contributed by atoms with E-state index in [9.17, 15) is 0 Å². The Morgan fingerprint density at radius 1 is 0.559 bits per heavy atom. The third-order valence-electron chi connectivity index (χ3n) is 6.51. The summed E-state index contributed by atoms with van der Waals surface area (Å²) in [7, 11) is 0. The van der Waals surface area contributed by atoms with Gasteiger partial charge < -0.3 is 9.47 Å². The minimum absolute atomic E-state index is 0.0636. The minimum atomic E-state index is -0.0636. The average Bonchev–Trinajstić information content (AvgIpc) is 2.91. The first-order chi connectivity index (χ1) is 16.7. The molecule has 0 unspecified atom stereocenters. The number of ether oxygens (including phenoxy) is 2. The van der Waals surface area contributed by atoms with Crippen molar-refractivity contribution in [3.8, 4) is 11.5 Å². The molecule has 2 nitrogen and oxygen atoms in total. The lowest BCUT2D eigenvalue weighted by molar-refractivity contribution is 0.305. The van der Waals surface area contributed by atoms with Crippen LogP contribution in [0.1, 0.15) is 55.4 Å². The second-order valence-electron chi connectivity index (χ2n) is 9.03. The van der Waals surface area contributed by atoms with E-state index in [0.717, 1.165) is 17.9 Å². The summed E-state index contributed by atoms with van der Waals surface area (Å²) in [6, 6.07) is 37.8. The Kier molecular flexibility index (Phi) is 8.04. The predicted molar refractivity (Wildman–Crippen MR) is 140 cm³/mol. The second kappa shape index (κ2) is 11.6. The zero-order valence-electron chi connectivity index (χ0n) is 20.2. The van der Waals surface area contributed by atoms with Crippen LogP contribution in [0.2, 0.25) is 0 Å². The van der Waals surface area contributed by atoms with Crippen LogP contribution >= 0.6 is 0 Å². The van der Waals surface area contributed by atoms with Gasteiger partial charge in [0.2, 0.25) is 0 Å². The summed E-state index contributed by atoms with van der Waals surface area (Å²) in [6.07, 6.45) is 3.44. The molecule has 0 aromatic heterocycles. The lowest BCUT2D eigenvalue weighted by atomic mass is 9.73. The van der Waals surface area contributed by atoms with Crippen molar-refractivity contribution in [2.45, 2.75) is 51.7 Å². The van der Waals surface area contributed by atoms with E-state index in [0.29, 0.717) is 13.2 Å². The summed E-state index contributed by atoms with van der Waals surface area (Å²) in [6.45, 7) is 5.76. The van der Waals surface area contributed by atoms with E-state index in [2.05, 4.69) is 86.6 Å². The molecule has 0 saturated carbocycles. The SMILES string of the molecule is CCCCC(C)(c1ccc(OCc2ccccc2)cc1)c1ccc(OCc2ccccc2)cc1. The van der Waals surface area contributed by atoms with Gasteiger partial charge in [-0.3, -0.25) is 0 Å². The number of hydrogen-bond donors (Lipinski definition) is 0. The molecule has 4 rings (SSSR count). The minimum Gasteiger partial charge on any atom is -0.489 e. The van der Waals surface area contributed by atoms with Gasteiger partial charge in [0.15, 0.2) is 0 Å². The van der Waals surface area contributed by atoms with Crippen molar-refractivity contribution >= 4 is 0 Å². The van der Waals surface area contributed by atoms with Crippen LogP contribution in [0.5, 0.6) is 11.5 Å². The van der Waals surface area contributed by atoms with E-state index >= 15 is 0 Å². The number of unbranched alkanes of at least 4 members (excludes halogenated alkanes) is 1. The van der Waals surface area contributed by atoms with E-state index < -0.39 is 0 Å². The topological polar surface area (TPSA) is 18.5 Å².